The lowest BCUT2D eigenvalue weighted by Gasteiger charge is -2.27. The number of hydrogen-bond acceptors (Lipinski definition) is 4. The number of nitrogens with zero attached hydrogens (tertiary/aromatic N) is 1. The number of carbonyl (C=O) groups is 1. The van der Waals surface area contributed by atoms with Gasteiger partial charge in [-0.1, -0.05) is 0 Å². The van der Waals surface area contributed by atoms with Crippen molar-refractivity contribution in [3.05, 3.63) is 23.8 Å². The summed E-state index contributed by atoms with van der Waals surface area (Å²) < 4.78 is 5.65. The van der Waals surface area contributed by atoms with Gasteiger partial charge in [0.1, 0.15) is 0 Å². The number of nitrogens with two attached hydrogens (primary N) is 2. The molecule has 104 valence electrons. The zero-order chi connectivity index (χ0) is 13.8. The lowest BCUT2D eigenvalue weighted by molar-refractivity contribution is 0.0999. The van der Waals surface area contributed by atoms with Gasteiger partial charge in [-0.15, -0.1) is 0 Å². The Morgan fingerprint density at radius 2 is 2.32 bits per heavy atom. The molecule has 1 aromatic carbocycles. The zero-order valence-electron chi connectivity index (χ0n) is 11.3. The van der Waals surface area contributed by atoms with Crippen LogP contribution in [0.2, 0.25) is 0 Å². The molecule has 1 fully saturated rings. The molecule has 5 heteroatoms. The van der Waals surface area contributed by atoms with Crippen LogP contribution in [-0.4, -0.2) is 31.7 Å². The fraction of sp³-hybridized carbons (Fsp3) is 0.500. The number of hydrogen-bond donors (Lipinski definition) is 2. The molecule has 4 N–H and O–H groups in total. The van der Waals surface area contributed by atoms with E-state index in [2.05, 4.69) is 4.90 Å². The van der Waals surface area contributed by atoms with E-state index in [0.29, 0.717) is 11.3 Å². The molecular weight excluding hydrogens is 242 g/mol. The first-order chi connectivity index (χ1) is 9.11. The van der Waals surface area contributed by atoms with E-state index in [1.54, 1.807) is 18.2 Å². The molecular formula is C14H21N3O2. The number of primary amides is 1. The average molecular weight is 263 g/mol. The summed E-state index contributed by atoms with van der Waals surface area (Å²) in [5, 5.41) is 0. The highest BCUT2D eigenvalue weighted by Crippen LogP contribution is 2.25. The van der Waals surface area contributed by atoms with Gasteiger partial charge in [0.2, 0.25) is 0 Å². The van der Waals surface area contributed by atoms with Crippen LogP contribution in [0, 0.1) is 0 Å². The predicted octanol–water partition coefficient (Wildman–Crippen LogP) is 1.37. The molecule has 0 bridgehead atoms. The van der Waals surface area contributed by atoms with Crippen LogP contribution in [0.1, 0.15) is 30.1 Å². The normalized spacial score (nSPS) is 18.5. The molecule has 0 radical (unpaired) electrons. The number of nitrogen functional groups attached to an aromatic ring is 1. The Morgan fingerprint density at radius 3 is 2.89 bits per heavy atom. The van der Waals surface area contributed by atoms with Crippen LogP contribution in [0.25, 0.3) is 0 Å². The topological polar surface area (TPSA) is 81.6 Å². The van der Waals surface area contributed by atoms with Crippen molar-refractivity contribution in [1.82, 2.24) is 0 Å². The van der Waals surface area contributed by atoms with Gasteiger partial charge in [0.15, 0.2) is 0 Å². The summed E-state index contributed by atoms with van der Waals surface area (Å²) in [6.07, 6.45) is 2.38. The largest absolute Gasteiger partial charge is 0.399 e. The first kappa shape index (κ1) is 13.7. The van der Waals surface area contributed by atoms with Crippen molar-refractivity contribution in [2.45, 2.75) is 25.9 Å². The second-order valence-corrected chi connectivity index (χ2v) is 4.81. The maximum Gasteiger partial charge on any atom is 0.250 e. The van der Waals surface area contributed by atoms with E-state index in [4.69, 9.17) is 16.2 Å². The number of likely N-dealkylation sites (N-methyl/N-ethyl adjacent to an activating group) is 1. The third-order valence-electron chi connectivity index (χ3n) is 3.46. The molecule has 1 heterocycles. The van der Waals surface area contributed by atoms with Gasteiger partial charge in [0.25, 0.3) is 5.91 Å². The number of rotatable bonds is 5. The molecule has 0 aromatic heterocycles. The second-order valence-electron chi connectivity index (χ2n) is 4.81. The third kappa shape index (κ3) is 3.17. The van der Waals surface area contributed by atoms with Crippen LogP contribution >= 0.6 is 0 Å². The van der Waals surface area contributed by atoms with Gasteiger partial charge in [-0.05, 0) is 38.0 Å². The van der Waals surface area contributed by atoms with Crippen molar-refractivity contribution < 1.29 is 9.53 Å². The first-order valence-electron chi connectivity index (χ1n) is 6.67. The van der Waals surface area contributed by atoms with Crippen molar-refractivity contribution >= 4 is 17.3 Å². The smallest absolute Gasteiger partial charge is 0.250 e. The van der Waals surface area contributed by atoms with Crippen LogP contribution in [-0.2, 0) is 4.74 Å². The molecule has 2 rings (SSSR count). The monoisotopic (exact) mass is 263 g/mol. The summed E-state index contributed by atoms with van der Waals surface area (Å²) in [5.74, 6) is -0.430. The molecule has 1 unspecified atom stereocenters. The number of anilines is 2. The maximum absolute atomic E-state index is 11.5. The fourth-order valence-electron chi connectivity index (χ4n) is 2.45. The van der Waals surface area contributed by atoms with Crippen molar-refractivity contribution in [3.8, 4) is 0 Å². The molecule has 1 saturated heterocycles. The Morgan fingerprint density at radius 1 is 1.53 bits per heavy atom. The fourth-order valence-corrected chi connectivity index (χ4v) is 2.45. The number of benzene rings is 1. The summed E-state index contributed by atoms with van der Waals surface area (Å²) in [6.45, 7) is 4.41. The maximum atomic E-state index is 11.5. The van der Waals surface area contributed by atoms with Crippen molar-refractivity contribution in [3.63, 3.8) is 0 Å². The predicted molar refractivity (Wildman–Crippen MR) is 76.2 cm³/mol. The number of ether oxygens (including phenoxy) is 1. The Hall–Kier alpha value is -1.75. The molecule has 1 aromatic rings. The van der Waals surface area contributed by atoms with Gasteiger partial charge < -0.3 is 21.1 Å². The van der Waals surface area contributed by atoms with E-state index in [0.717, 1.165) is 38.2 Å². The van der Waals surface area contributed by atoms with Crippen LogP contribution in [0.3, 0.4) is 0 Å². The minimum absolute atomic E-state index is 0.224. The van der Waals surface area contributed by atoms with Gasteiger partial charge in [-0.3, -0.25) is 4.79 Å². The first-order valence-corrected chi connectivity index (χ1v) is 6.67. The van der Waals surface area contributed by atoms with Gasteiger partial charge >= 0.3 is 0 Å². The van der Waals surface area contributed by atoms with E-state index in [9.17, 15) is 4.79 Å². The summed E-state index contributed by atoms with van der Waals surface area (Å²) in [5.41, 5.74) is 13.2. The average Bonchev–Trinajstić information content (AvgIpc) is 2.88. The highest BCUT2D eigenvalue weighted by molar-refractivity contribution is 5.99. The van der Waals surface area contributed by atoms with Crippen LogP contribution in [0.5, 0.6) is 0 Å². The highest BCUT2D eigenvalue weighted by Gasteiger charge is 2.21. The van der Waals surface area contributed by atoms with E-state index in [1.807, 2.05) is 6.92 Å². The van der Waals surface area contributed by atoms with Crippen molar-refractivity contribution in [1.29, 1.82) is 0 Å². The van der Waals surface area contributed by atoms with Gasteiger partial charge in [-0.2, -0.15) is 0 Å². The van der Waals surface area contributed by atoms with Crippen LogP contribution in [0.15, 0.2) is 18.2 Å². The SMILES string of the molecule is CCN(CC1CCCO1)c1cc(N)ccc1C(N)=O. The molecule has 0 spiro atoms. The third-order valence-corrected chi connectivity index (χ3v) is 3.46. The van der Waals surface area contributed by atoms with E-state index in [1.165, 1.54) is 0 Å². The van der Waals surface area contributed by atoms with Gasteiger partial charge in [0, 0.05) is 25.4 Å². The molecule has 5 nitrogen and oxygen atoms in total. The summed E-state index contributed by atoms with van der Waals surface area (Å²) in [4.78, 5) is 13.6. The lowest BCUT2D eigenvalue weighted by atomic mass is 10.1. The standard InChI is InChI=1S/C14H21N3O2/c1-2-17(9-11-4-3-7-19-11)13-8-10(15)5-6-12(13)14(16)18/h5-6,8,11H,2-4,7,9,15H2,1H3,(H2,16,18). The Labute approximate surface area is 113 Å². The number of amides is 1. The Kier molecular flexibility index (Phi) is 4.27. The van der Waals surface area contributed by atoms with Crippen LogP contribution in [0.4, 0.5) is 11.4 Å². The zero-order valence-corrected chi connectivity index (χ0v) is 11.3. The van der Waals surface area contributed by atoms with Crippen molar-refractivity contribution in [2.24, 2.45) is 5.73 Å². The van der Waals surface area contributed by atoms with E-state index < -0.39 is 5.91 Å². The molecule has 1 amide bonds. The van der Waals surface area contributed by atoms with E-state index >= 15 is 0 Å². The lowest BCUT2D eigenvalue weighted by Crippen LogP contribution is -2.33. The summed E-state index contributed by atoms with van der Waals surface area (Å²) >= 11 is 0. The molecule has 0 saturated carbocycles. The minimum Gasteiger partial charge on any atom is -0.399 e. The molecule has 1 atom stereocenters. The Bertz CT molecular complexity index is 456. The summed E-state index contributed by atoms with van der Waals surface area (Å²) in [7, 11) is 0. The minimum atomic E-state index is -0.430. The number of carbonyl (C=O) groups excluding carboxylic acids is 1. The molecule has 1 aliphatic heterocycles. The van der Waals surface area contributed by atoms with Gasteiger partial charge in [-0.25, -0.2) is 0 Å². The van der Waals surface area contributed by atoms with Gasteiger partial charge in [0.05, 0.1) is 17.4 Å². The molecule has 0 aliphatic carbocycles. The second kappa shape index (κ2) is 5.93. The highest BCUT2D eigenvalue weighted by atomic mass is 16.5. The quantitative estimate of drug-likeness (QED) is 0.786. The molecule has 19 heavy (non-hydrogen) atoms. The van der Waals surface area contributed by atoms with Crippen molar-refractivity contribution in [2.75, 3.05) is 30.3 Å². The summed E-state index contributed by atoms with van der Waals surface area (Å²) in [6, 6.07) is 5.19. The Balaban J connectivity index is 2.25. The molecule has 1 aliphatic rings. The van der Waals surface area contributed by atoms with E-state index in [-0.39, 0.29) is 6.10 Å². The van der Waals surface area contributed by atoms with Crippen LogP contribution < -0.4 is 16.4 Å².